The first-order chi connectivity index (χ1) is 16.2. The molecule has 0 spiro atoms. The predicted molar refractivity (Wildman–Crippen MR) is 137 cm³/mol. The van der Waals surface area contributed by atoms with E-state index in [1.54, 1.807) is 0 Å². The Morgan fingerprint density at radius 3 is 2.45 bits per heavy atom. The minimum Gasteiger partial charge on any atom is -0.296 e. The molecule has 162 valence electrons. The first-order valence-electron chi connectivity index (χ1n) is 10.8. The second-order valence-electron chi connectivity index (χ2n) is 7.68. The zero-order valence-electron chi connectivity index (χ0n) is 18.1. The highest BCUT2D eigenvalue weighted by Gasteiger charge is 2.14. The van der Waals surface area contributed by atoms with Crippen molar-refractivity contribution in [2.75, 3.05) is 0 Å². The second kappa shape index (κ2) is 9.22. The summed E-state index contributed by atoms with van der Waals surface area (Å²) in [5, 5.41) is 8.31. The van der Waals surface area contributed by atoms with Gasteiger partial charge in [-0.3, -0.25) is 14.9 Å². The lowest BCUT2D eigenvalue weighted by Crippen LogP contribution is -1.95. The Balaban J connectivity index is 1.60. The number of benzene rings is 3. The van der Waals surface area contributed by atoms with Crippen molar-refractivity contribution in [2.45, 2.75) is 13.3 Å². The zero-order valence-corrected chi connectivity index (χ0v) is 18.9. The molecule has 0 unspecified atom stereocenters. The van der Waals surface area contributed by atoms with E-state index in [-0.39, 0.29) is 4.87 Å². The van der Waals surface area contributed by atoms with E-state index < -0.39 is 0 Å². The lowest BCUT2D eigenvalue weighted by atomic mass is 9.87. The highest BCUT2D eigenvalue weighted by atomic mass is 32.1. The van der Waals surface area contributed by atoms with E-state index in [9.17, 15) is 4.79 Å². The van der Waals surface area contributed by atoms with Gasteiger partial charge in [0, 0.05) is 16.9 Å². The van der Waals surface area contributed by atoms with E-state index in [1.807, 2.05) is 24.4 Å². The van der Waals surface area contributed by atoms with Crippen molar-refractivity contribution in [3.8, 4) is 0 Å². The summed E-state index contributed by atoms with van der Waals surface area (Å²) in [5.74, 6) is 0.570. The maximum atomic E-state index is 11.3. The van der Waals surface area contributed by atoms with Crippen LogP contribution in [0.15, 0.2) is 83.8 Å². The number of allylic oxidation sites excluding steroid dienone is 1. The number of aromatic nitrogens is 4. The molecule has 0 saturated carbocycles. The summed E-state index contributed by atoms with van der Waals surface area (Å²) >= 11 is 0.923. The summed E-state index contributed by atoms with van der Waals surface area (Å²) in [7, 11) is 0. The van der Waals surface area contributed by atoms with Gasteiger partial charge in [-0.05, 0) is 58.0 Å². The van der Waals surface area contributed by atoms with Crippen molar-refractivity contribution < 1.29 is 0 Å². The second-order valence-corrected chi connectivity index (χ2v) is 8.42. The number of aromatic amines is 2. The maximum Gasteiger partial charge on any atom is 0.323 e. The van der Waals surface area contributed by atoms with Crippen LogP contribution in [0.5, 0.6) is 0 Å². The van der Waals surface area contributed by atoms with Crippen LogP contribution in [-0.2, 0) is 0 Å². The van der Waals surface area contributed by atoms with Gasteiger partial charge in [-0.15, -0.1) is 0 Å². The number of nitrogens with one attached hydrogen (secondary N) is 2. The number of nitrogens with zero attached hydrogens (tertiary/aromatic N) is 2. The number of hydrogen-bond acceptors (Lipinski definition) is 4. The molecule has 5 aromatic rings. The topological polar surface area (TPSA) is 74.4 Å². The van der Waals surface area contributed by atoms with Crippen LogP contribution in [0.4, 0.5) is 0 Å². The summed E-state index contributed by atoms with van der Waals surface area (Å²) in [5.41, 5.74) is 8.10. The van der Waals surface area contributed by atoms with Crippen molar-refractivity contribution in [1.82, 2.24) is 19.6 Å². The van der Waals surface area contributed by atoms with Crippen LogP contribution in [0.2, 0.25) is 0 Å². The normalized spacial score (nSPS) is 12.4. The molecule has 6 heteroatoms. The van der Waals surface area contributed by atoms with Gasteiger partial charge in [-0.2, -0.15) is 9.47 Å². The third-order valence-corrected chi connectivity index (χ3v) is 6.15. The molecule has 3 aromatic carbocycles. The van der Waals surface area contributed by atoms with E-state index in [1.165, 1.54) is 16.7 Å². The van der Waals surface area contributed by atoms with Crippen LogP contribution in [0.3, 0.4) is 0 Å². The van der Waals surface area contributed by atoms with Gasteiger partial charge >= 0.3 is 4.87 Å². The summed E-state index contributed by atoms with van der Waals surface area (Å²) in [6.45, 7) is 2.20. The van der Waals surface area contributed by atoms with Crippen LogP contribution >= 0.6 is 11.5 Å². The molecule has 5 nitrogen and oxygen atoms in total. The fraction of sp³-hybridized carbons (Fsp3) is 0.0741. The van der Waals surface area contributed by atoms with E-state index in [0.717, 1.165) is 45.5 Å². The largest absolute Gasteiger partial charge is 0.323 e. The number of fused-ring (bicyclic) bond motifs is 1. The zero-order chi connectivity index (χ0) is 22.6. The fourth-order valence-corrected chi connectivity index (χ4v) is 4.46. The molecular formula is C27H22N4OS. The highest BCUT2D eigenvalue weighted by molar-refractivity contribution is 7.02. The summed E-state index contributed by atoms with van der Waals surface area (Å²) < 4.78 is 4.08. The average molecular weight is 451 g/mol. The molecule has 0 aliphatic heterocycles. The SMILES string of the molecule is CC/C(=C(\c1ccc(C=Cc2nsc(=O)[nH]2)cc1)c1ccc2[nH]ncc2c1)c1ccccc1. The molecule has 0 fully saturated rings. The van der Waals surface area contributed by atoms with Gasteiger partial charge in [0.25, 0.3) is 0 Å². The maximum absolute atomic E-state index is 11.3. The predicted octanol–water partition coefficient (Wildman–Crippen LogP) is 6.25. The van der Waals surface area contributed by atoms with Crippen molar-refractivity contribution in [1.29, 1.82) is 0 Å². The van der Waals surface area contributed by atoms with Crippen molar-refractivity contribution >= 4 is 45.7 Å². The smallest absolute Gasteiger partial charge is 0.296 e. The van der Waals surface area contributed by atoms with E-state index in [0.29, 0.717) is 5.82 Å². The standard InChI is InChI=1S/C27H22N4OS/c1-2-23(19-6-4-3-5-7-19)26(21-13-14-24-22(16-21)17-28-30-24)20-11-8-18(9-12-20)10-15-25-29-27(32)33-31-25/h3-17H,2H2,1H3,(H,28,30)(H,29,31,32)/b15-10?,26-23-. The molecule has 0 radical (unpaired) electrons. The van der Waals surface area contributed by atoms with Gasteiger partial charge in [0.15, 0.2) is 0 Å². The van der Waals surface area contributed by atoms with Gasteiger partial charge < -0.3 is 0 Å². The molecule has 2 aromatic heterocycles. The van der Waals surface area contributed by atoms with E-state index >= 15 is 0 Å². The molecule has 0 saturated heterocycles. The Hall–Kier alpha value is -4.03. The van der Waals surface area contributed by atoms with Gasteiger partial charge in [0.2, 0.25) is 0 Å². The van der Waals surface area contributed by atoms with Crippen molar-refractivity contribution in [3.05, 3.63) is 117 Å². The first kappa shape index (κ1) is 20.8. The Labute approximate surface area is 195 Å². The molecule has 0 amide bonds. The van der Waals surface area contributed by atoms with Gasteiger partial charge in [0.05, 0.1) is 11.7 Å². The van der Waals surface area contributed by atoms with Crippen LogP contribution in [-0.4, -0.2) is 19.6 Å². The molecule has 5 rings (SSSR count). The number of H-pyrrole nitrogens is 2. The lowest BCUT2D eigenvalue weighted by molar-refractivity contribution is 1.12. The van der Waals surface area contributed by atoms with E-state index in [4.69, 9.17) is 0 Å². The monoisotopic (exact) mass is 450 g/mol. The molecule has 0 aliphatic carbocycles. The Kier molecular flexibility index (Phi) is 5.83. The average Bonchev–Trinajstić information content (AvgIpc) is 3.50. The van der Waals surface area contributed by atoms with Crippen LogP contribution in [0.1, 0.15) is 41.4 Å². The van der Waals surface area contributed by atoms with Gasteiger partial charge in [0.1, 0.15) is 5.82 Å². The molecule has 2 N–H and O–H groups in total. The Bertz CT molecular complexity index is 1510. The molecule has 0 bridgehead atoms. The van der Waals surface area contributed by atoms with Gasteiger partial charge in [-0.25, -0.2) is 0 Å². The molecule has 2 heterocycles. The molecular weight excluding hydrogens is 428 g/mol. The lowest BCUT2D eigenvalue weighted by Gasteiger charge is -2.16. The van der Waals surface area contributed by atoms with Crippen LogP contribution in [0, 0.1) is 0 Å². The quantitative estimate of drug-likeness (QED) is 0.300. The van der Waals surface area contributed by atoms with Crippen LogP contribution in [0.25, 0.3) is 34.2 Å². The first-order valence-corrected chi connectivity index (χ1v) is 11.5. The minimum absolute atomic E-state index is 0.151. The summed E-state index contributed by atoms with van der Waals surface area (Å²) in [6.07, 6.45) is 6.54. The summed E-state index contributed by atoms with van der Waals surface area (Å²) in [6, 6.07) is 25.5. The molecule has 0 atom stereocenters. The van der Waals surface area contributed by atoms with Gasteiger partial charge in [-0.1, -0.05) is 73.7 Å². The molecule has 33 heavy (non-hydrogen) atoms. The Morgan fingerprint density at radius 2 is 1.73 bits per heavy atom. The fourth-order valence-electron chi connectivity index (χ4n) is 4.03. The van der Waals surface area contributed by atoms with E-state index in [2.05, 4.69) is 93.2 Å². The Morgan fingerprint density at radius 1 is 0.939 bits per heavy atom. The highest BCUT2D eigenvalue weighted by Crippen LogP contribution is 2.35. The van der Waals surface area contributed by atoms with Crippen molar-refractivity contribution in [3.63, 3.8) is 0 Å². The molecule has 0 aliphatic rings. The minimum atomic E-state index is -0.151. The number of rotatable bonds is 6. The third kappa shape index (κ3) is 4.47. The summed E-state index contributed by atoms with van der Waals surface area (Å²) in [4.78, 5) is 13.8. The van der Waals surface area contributed by atoms with Crippen molar-refractivity contribution in [2.24, 2.45) is 0 Å². The number of hydrogen-bond donors (Lipinski definition) is 2. The van der Waals surface area contributed by atoms with Crippen LogP contribution < -0.4 is 4.87 Å². The third-order valence-electron chi connectivity index (χ3n) is 5.60.